The summed E-state index contributed by atoms with van der Waals surface area (Å²) >= 11 is 0. The molecule has 1 atom stereocenters. The average molecular weight is 456 g/mol. The number of ether oxygens (including phenoxy) is 1. The summed E-state index contributed by atoms with van der Waals surface area (Å²) in [5.74, 6) is 0.0784. The van der Waals surface area contributed by atoms with Gasteiger partial charge in [0.2, 0.25) is 11.8 Å². The van der Waals surface area contributed by atoms with Gasteiger partial charge in [0.1, 0.15) is 6.61 Å². The Kier molecular flexibility index (Phi) is 9.03. The van der Waals surface area contributed by atoms with Crippen LogP contribution in [0.2, 0.25) is 0 Å². The molecule has 0 spiro atoms. The summed E-state index contributed by atoms with van der Waals surface area (Å²) in [5.41, 5.74) is 3.26. The van der Waals surface area contributed by atoms with Gasteiger partial charge < -0.3 is 14.5 Å². The Bertz CT molecular complexity index is 910. The van der Waals surface area contributed by atoms with Crippen LogP contribution in [-0.2, 0) is 34.3 Å². The van der Waals surface area contributed by atoms with Crippen molar-refractivity contribution >= 4 is 11.8 Å². The van der Waals surface area contributed by atoms with Crippen LogP contribution < -0.4 is 0 Å². The fourth-order valence-electron chi connectivity index (χ4n) is 4.30. The molecule has 180 valence electrons. The van der Waals surface area contributed by atoms with Gasteiger partial charge in [-0.15, -0.1) is 0 Å². The minimum Gasteiger partial charge on any atom is -0.365 e. The number of amides is 2. The monoisotopic (exact) mass is 455 g/mol. The number of benzene rings is 1. The van der Waals surface area contributed by atoms with E-state index in [0.717, 1.165) is 17.7 Å². The molecule has 0 aliphatic carbocycles. The Morgan fingerprint density at radius 3 is 2.55 bits per heavy atom. The van der Waals surface area contributed by atoms with Crippen LogP contribution in [0.15, 0.2) is 36.5 Å². The van der Waals surface area contributed by atoms with Crippen molar-refractivity contribution in [1.82, 2.24) is 24.5 Å². The van der Waals surface area contributed by atoms with Crippen LogP contribution in [-0.4, -0.2) is 88.3 Å². The number of likely N-dealkylation sites (N-methyl/N-ethyl adjacent to an activating group) is 1. The molecule has 0 saturated carbocycles. The van der Waals surface area contributed by atoms with Gasteiger partial charge in [0.05, 0.1) is 18.3 Å². The van der Waals surface area contributed by atoms with Gasteiger partial charge in [-0.2, -0.15) is 5.10 Å². The molecule has 1 saturated heterocycles. The molecular formula is C25H37N5O3. The Balaban J connectivity index is 1.70. The maximum Gasteiger partial charge on any atom is 0.248 e. The van der Waals surface area contributed by atoms with Crippen LogP contribution in [0.5, 0.6) is 0 Å². The molecule has 2 aromatic rings. The molecule has 0 bridgehead atoms. The topological polar surface area (TPSA) is 70.9 Å². The average Bonchev–Trinajstić information content (AvgIpc) is 3.03. The number of hydrogen-bond donors (Lipinski definition) is 0. The minimum atomic E-state index is -0.233. The van der Waals surface area contributed by atoms with Crippen molar-refractivity contribution in [3.05, 3.63) is 53.3 Å². The van der Waals surface area contributed by atoms with Gasteiger partial charge in [-0.1, -0.05) is 30.3 Å². The molecule has 2 heterocycles. The van der Waals surface area contributed by atoms with Gasteiger partial charge in [-0.25, -0.2) is 0 Å². The summed E-state index contributed by atoms with van der Waals surface area (Å²) in [7, 11) is 1.90. The van der Waals surface area contributed by atoms with Crippen molar-refractivity contribution in [3.8, 4) is 0 Å². The molecule has 3 rings (SSSR count). The van der Waals surface area contributed by atoms with Crippen LogP contribution in [0.4, 0.5) is 0 Å². The summed E-state index contributed by atoms with van der Waals surface area (Å²) in [4.78, 5) is 31.4. The molecule has 1 aromatic carbocycles. The Hall–Kier alpha value is -2.71. The maximum atomic E-state index is 13.1. The molecule has 0 N–H and O–H groups in total. The van der Waals surface area contributed by atoms with E-state index < -0.39 is 0 Å². The Labute approximate surface area is 197 Å². The number of carbonyl (C=O) groups excluding carboxylic acids is 2. The molecule has 8 heteroatoms. The van der Waals surface area contributed by atoms with Crippen LogP contribution in [0.25, 0.3) is 0 Å². The second-order valence-electron chi connectivity index (χ2n) is 8.66. The quantitative estimate of drug-likeness (QED) is 0.547. The fourth-order valence-corrected chi connectivity index (χ4v) is 4.30. The zero-order valence-electron chi connectivity index (χ0n) is 20.4. The van der Waals surface area contributed by atoms with Crippen molar-refractivity contribution in [2.75, 3.05) is 45.9 Å². The highest BCUT2D eigenvalue weighted by molar-refractivity contribution is 5.79. The molecule has 1 aromatic heterocycles. The number of carbonyl (C=O) groups is 2. The predicted molar refractivity (Wildman–Crippen MR) is 128 cm³/mol. The van der Waals surface area contributed by atoms with Crippen LogP contribution in [0.1, 0.15) is 30.7 Å². The molecule has 0 radical (unpaired) electrons. The lowest BCUT2D eigenvalue weighted by atomic mass is 10.1. The van der Waals surface area contributed by atoms with Crippen LogP contribution in [0.3, 0.4) is 0 Å². The normalized spacial score (nSPS) is 17.3. The summed E-state index contributed by atoms with van der Waals surface area (Å²) in [6, 6.07) is 10.2. The number of rotatable bonds is 10. The van der Waals surface area contributed by atoms with Gasteiger partial charge in [0, 0.05) is 58.1 Å². The van der Waals surface area contributed by atoms with Crippen molar-refractivity contribution in [1.29, 1.82) is 0 Å². The highest BCUT2D eigenvalue weighted by Gasteiger charge is 2.29. The molecule has 33 heavy (non-hydrogen) atoms. The summed E-state index contributed by atoms with van der Waals surface area (Å²) in [6.45, 7) is 9.94. The first-order chi connectivity index (χ1) is 15.9. The zero-order chi connectivity index (χ0) is 23.8. The highest BCUT2D eigenvalue weighted by atomic mass is 16.5. The molecule has 1 fully saturated rings. The van der Waals surface area contributed by atoms with Crippen molar-refractivity contribution in [2.45, 2.75) is 39.8 Å². The minimum absolute atomic E-state index is 0.0129. The van der Waals surface area contributed by atoms with E-state index in [1.165, 1.54) is 5.56 Å². The lowest BCUT2D eigenvalue weighted by molar-refractivity contribution is -0.138. The third-order valence-electron chi connectivity index (χ3n) is 6.18. The number of hydrogen-bond acceptors (Lipinski definition) is 5. The maximum absolute atomic E-state index is 13.1. The standard InChI is InChI=1S/C25H37N5O3/c1-5-29(6-2)25(32)19-33-23-16-28(15-22-14-27(4)26-20(22)3)18-24(31)30(17-23)13-12-21-10-8-7-9-11-21/h7-11,14,23H,5-6,12-13,15-19H2,1-4H3. The van der Waals surface area contributed by atoms with Crippen LogP contribution >= 0.6 is 0 Å². The number of nitrogens with zero attached hydrogens (tertiary/aromatic N) is 5. The van der Waals surface area contributed by atoms with E-state index in [4.69, 9.17) is 4.74 Å². The smallest absolute Gasteiger partial charge is 0.248 e. The SMILES string of the molecule is CCN(CC)C(=O)COC1CN(Cc2cn(C)nc2C)CC(=O)N(CCc2ccccc2)C1. The second-order valence-corrected chi connectivity index (χ2v) is 8.66. The van der Waals surface area contributed by atoms with Gasteiger partial charge >= 0.3 is 0 Å². The number of aryl methyl sites for hydroxylation is 2. The molecular weight excluding hydrogens is 418 g/mol. The van der Waals surface area contributed by atoms with Gasteiger partial charge in [0.15, 0.2) is 0 Å². The first-order valence-electron chi connectivity index (χ1n) is 11.8. The highest BCUT2D eigenvalue weighted by Crippen LogP contribution is 2.15. The number of aromatic nitrogens is 2. The Morgan fingerprint density at radius 2 is 1.91 bits per heavy atom. The third kappa shape index (κ3) is 7.14. The van der Waals surface area contributed by atoms with Crippen molar-refractivity contribution < 1.29 is 14.3 Å². The summed E-state index contributed by atoms with van der Waals surface area (Å²) < 4.78 is 7.89. The van der Waals surface area contributed by atoms with E-state index in [2.05, 4.69) is 22.1 Å². The van der Waals surface area contributed by atoms with Crippen LogP contribution in [0, 0.1) is 6.92 Å². The van der Waals surface area contributed by atoms with E-state index in [9.17, 15) is 9.59 Å². The van der Waals surface area contributed by atoms with E-state index in [-0.39, 0.29) is 24.5 Å². The summed E-state index contributed by atoms with van der Waals surface area (Å²) in [5, 5.41) is 4.43. The van der Waals surface area contributed by atoms with E-state index in [1.807, 2.05) is 57.1 Å². The second kappa shape index (κ2) is 12.0. The third-order valence-corrected chi connectivity index (χ3v) is 6.18. The van der Waals surface area contributed by atoms with E-state index >= 15 is 0 Å². The van der Waals surface area contributed by atoms with Crippen molar-refractivity contribution in [2.24, 2.45) is 7.05 Å². The molecule has 1 unspecified atom stereocenters. The molecule has 1 aliphatic heterocycles. The Morgan fingerprint density at radius 1 is 1.18 bits per heavy atom. The summed E-state index contributed by atoms with van der Waals surface area (Å²) in [6.07, 6.45) is 2.56. The molecule has 1 aliphatic rings. The molecule has 2 amide bonds. The zero-order valence-corrected chi connectivity index (χ0v) is 20.4. The predicted octanol–water partition coefficient (Wildman–Crippen LogP) is 1.87. The largest absolute Gasteiger partial charge is 0.365 e. The first kappa shape index (κ1) is 24.9. The molecule has 8 nitrogen and oxygen atoms in total. The first-order valence-corrected chi connectivity index (χ1v) is 11.8. The van der Waals surface area contributed by atoms with Gasteiger partial charge in [-0.05, 0) is 32.8 Å². The van der Waals surface area contributed by atoms with Gasteiger partial charge in [-0.3, -0.25) is 19.2 Å². The van der Waals surface area contributed by atoms with Crippen molar-refractivity contribution in [3.63, 3.8) is 0 Å². The lowest BCUT2D eigenvalue weighted by Crippen LogP contribution is -2.41. The fraction of sp³-hybridized carbons (Fsp3) is 0.560. The lowest BCUT2D eigenvalue weighted by Gasteiger charge is -2.26. The van der Waals surface area contributed by atoms with E-state index in [0.29, 0.717) is 45.8 Å². The van der Waals surface area contributed by atoms with E-state index in [1.54, 1.807) is 9.58 Å². The van der Waals surface area contributed by atoms with Gasteiger partial charge in [0.25, 0.3) is 0 Å².